The maximum absolute atomic E-state index is 11.4. The monoisotopic (exact) mass is 365 g/mol. The predicted molar refractivity (Wildman–Crippen MR) is 68.2 cm³/mol. The molecule has 0 N–H and O–H groups in total. The molecule has 4 rings (SSSR count). The van der Waals surface area contributed by atoms with Crippen molar-refractivity contribution in [2.24, 2.45) is 11.8 Å². The van der Waals surface area contributed by atoms with Crippen molar-refractivity contribution in [1.29, 1.82) is 0 Å². The lowest BCUT2D eigenvalue weighted by molar-refractivity contribution is -0.810. The SMILES string of the molecule is O=[N+]([O-])OC1C2CC3C(O[N+](=O)[O-])C1CC(C2O[N+](=O)[O-])N3[N+](=O)[O-]. The summed E-state index contributed by atoms with van der Waals surface area (Å²) in [6.07, 6.45) is -4.34. The maximum atomic E-state index is 11.4. The average molecular weight is 365 g/mol. The topological polar surface area (TPSA) is 203 Å². The molecule has 0 aromatic rings. The molecule has 16 nitrogen and oxygen atoms in total. The van der Waals surface area contributed by atoms with Gasteiger partial charge in [0.05, 0.1) is 0 Å². The summed E-state index contributed by atoms with van der Waals surface area (Å²) in [5.41, 5.74) is 0. The van der Waals surface area contributed by atoms with E-state index in [1.165, 1.54) is 0 Å². The van der Waals surface area contributed by atoms with Crippen LogP contribution in [-0.4, -0.2) is 55.7 Å². The van der Waals surface area contributed by atoms with Crippen LogP contribution in [0, 0.1) is 52.3 Å². The summed E-state index contributed by atoms with van der Waals surface area (Å²) in [7, 11) is 0. The lowest BCUT2D eigenvalue weighted by atomic mass is 9.59. The summed E-state index contributed by atoms with van der Waals surface area (Å²) in [4.78, 5) is 57.2. The van der Waals surface area contributed by atoms with Crippen LogP contribution in [0.3, 0.4) is 0 Å². The van der Waals surface area contributed by atoms with Crippen LogP contribution in [0.25, 0.3) is 0 Å². The highest BCUT2D eigenvalue weighted by molar-refractivity contribution is 5.11. The van der Waals surface area contributed by atoms with Crippen LogP contribution in [0.15, 0.2) is 0 Å². The van der Waals surface area contributed by atoms with Crippen LogP contribution in [0.1, 0.15) is 12.8 Å². The zero-order valence-electron chi connectivity index (χ0n) is 12.2. The molecule has 2 aliphatic heterocycles. The van der Waals surface area contributed by atoms with Crippen molar-refractivity contribution >= 4 is 0 Å². The number of hydrogen-bond donors (Lipinski definition) is 0. The minimum Gasteiger partial charge on any atom is -0.310 e. The minimum absolute atomic E-state index is 0.219. The summed E-state index contributed by atoms with van der Waals surface area (Å²) in [5, 5.41) is 40.0. The first-order valence-corrected chi connectivity index (χ1v) is 7.06. The Labute approximate surface area is 136 Å². The molecule has 2 saturated heterocycles. The van der Waals surface area contributed by atoms with Crippen molar-refractivity contribution in [3.63, 3.8) is 0 Å². The lowest BCUT2D eigenvalue weighted by Gasteiger charge is -2.59. The Morgan fingerprint density at radius 3 is 1.36 bits per heavy atom. The molecule has 138 valence electrons. The maximum Gasteiger partial charge on any atom is 0.294 e. The van der Waals surface area contributed by atoms with Crippen LogP contribution in [-0.2, 0) is 14.5 Å². The van der Waals surface area contributed by atoms with E-state index in [-0.39, 0.29) is 12.8 Å². The van der Waals surface area contributed by atoms with Crippen LogP contribution >= 0.6 is 0 Å². The molecule has 25 heavy (non-hydrogen) atoms. The highest BCUT2D eigenvalue weighted by Gasteiger charge is 2.68. The molecule has 0 amide bonds. The second-order valence-corrected chi connectivity index (χ2v) is 5.93. The van der Waals surface area contributed by atoms with E-state index in [9.17, 15) is 40.5 Å². The molecule has 6 unspecified atom stereocenters. The van der Waals surface area contributed by atoms with Crippen molar-refractivity contribution in [3.05, 3.63) is 40.5 Å². The quantitative estimate of drug-likeness (QED) is 0.393. The van der Waals surface area contributed by atoms with E-state index < -0.39 is 62.5 Å². The van der Waals surface area contributed by atoms with Gasteiger partial charge in [0.25, 0.3) is 15.3 Å². The fourth-order valence-electron chi connectivity index (χ4n) is 4.38. The van der Waals surface area contributed by atoms with Crippen LogP contribution in [0.5, 0.6) is 0 Å². The van der Waals surface area contributed by atoms with Crippen molar-refractivity contribution in [1.82, 2.24) is 5.01 Å². The second kappa shape index (κ2) is 5.71. The van der Waals surface area contributed by atoms with Crippen molar-refractivity contribution in [2.45, 2.75) is 43.2 Å². The van der Waals surface area contributed by atoms with Crippen LogP contribution in [0.4, 0.5) is 0 Å². The highest BCUT2D eigenvalue weighted by atomic mass is 17.0. The molecule has 4 aliphatic rings. The Morgan fingerprint density at radius 2 is 1.04 bits per heavy atom. The Bertz CT molecular complexity index is 591. The Balaban J connectivity index is 1.97. The molecular weight excluding hydrogens is 354 g/mol. The third kappa shape index (κ3) is 2.64. The van der Waals surface area contributed by atoms with Crippen molar-refractivity contribution in [3.8, 4) is 0 Å². The fraction of sp³-hybridized carbons (Fsp3) is 1.00. The van der Waals surface area contributed by atoms with Crippen LogP contribution < -0.4 is 0 Å². The van der Waals surface area contributed by atoms with E-state index in [4.69, 9.17) is 0 Å². The number of hydrogen-bond acceptors (Lipinski definition) is 11. The Morgan fingerprint density at radius 1 is 0.680 bits per heavy atom. The number of piperidine rings is 2. The molecule has 4 bridgehead atoms. The van der Waals surface area contributed by atoms with Crippen molar-refractivity contribution in [2.75, 3.05) is 0 Å². The van der Waals surface area contributed by atoms with E-state index in [2.05, 4.69) is 14.5 Å². The first-order valence-electron chi connectivity index (χ1n) is 7.06. The molecule has 0 aromatic heterocycles. The molecule has 0 spiro atoms. The number of rotatable bonds is 7. The van der Waals surface area contributed by atoms with E-state index in [1.54, 1.807) is 0 Å². The summed E-state index contributed by atoms with van der Waals surface area (Å²) in [6.45, 7) is 0. The molecule has 4 fully saturated rings. The van der Waals surface area contributed by atoms with Gasteiger partial charge in [-0.1, -0.05) is 0 Å². The second-order valence-electron chi connectivity index (χ2n) is 5.93. The fourth-order valence-corrected chi connectivity index (χ4v) is 4.38. The molecule has 2 heterocycles. The van der Waals surface area contributed by atoms with Gasteiger partial charge in [0.2, 0.25) is 0 Å². The van der Waals surface area contributed by atoms with Gasteiger partial charge in [0.15, 0.2) is 5.03 Å². The third-order valence-electron chi connectivity index (χ3n) is 4.97. The number of hydrazine groups is 1. The molecule has 6 atom stereocenters. The normalized spacial score (nSPS) is 38.1. The zero-order chi connectivity index (χ0) is 18.5. The summed E-state index contributed by atoms with van der Waals surface area (Å²) >= 11 is 0. The summed E-state index contributed by atoms with van der Waals surface area (Å²) in [6, 6.07) is -2.15. The first-order chi connectivity index (χ1) is 11.7. The minimum atomic E-state index is -1.32. The predicted octanol–water partition coefficient (Wildman–Crippen LogP) is -0.999. The van der Waals surface area contributed by atoms with Gasteiger partial charge in [-0.3, -0.25) is 0 Å². The Hall–Kier alpha value is -3.20. The standard InChI is InChI=1S/C9H11N5O11/c15-11(16)10-5-1-3-7(23-12(17)18)4(9(5)25-14(21)22)2-6(10)8(3)24-13(19)20/h3-9H,1-2H2. The summed E-state index contributed by atoms with van der Waals surface area (Å²) < 4.78 is 0. The molecule has 2 aliphatic carbocycles. The van der Waals surface area contributed by atoms with E-state index in [0.29, 0.717) is 5.01 Å². The molecule has 0 radical (unpaired) electrons. The van der Waals surface area contributed by atoms with Gasteiger partial charge in [-0.25, -0.2) is 10.1 Å². The highest BCUT2D eigenvalue weighted by Crippen LogP contribution is 2.52. The molecule has 2 saturated carbocycles. The van der Waals surface area contributed by atoms with Gasteiger partial charge in [-0.15, -0.1) is 35.4 Å². The third-order valence-corrected chi connectivity index (χ3v) is 4.97. The van der Waals surface area contributed by atoms with E-state index in [0.717, 1.165) is 0 Å². The van der Waals surface area contributed by atoms with Gasteiger partial charge < -0.3 is 14.5 Å². The summed E-state index contributed by atoms with van der Waals surface area (Å²) in [5.74, 6) is -1.82. The first kappa shape index (κ1) is 16.7. The van der Waals surface area contributed by atoms with Gasteiger partial charge in [-0.2, -0.15) is 0 Å². The van der Waals surface area contributed by atoms with Crippen LogP contribution in [0.2, 0.25) is 0 Å². The number of nitro groups is 1. The Kier molecular flexibility index (Phi) is 3.80. The molecule has 0 aromatic carbocycles. The van der Waals surface area contributed by atoms with E-state index >= 15 is 0 Å². The van der Waals surface area contributed by atoms with E-state index in [1.807, 2.05) is 0 Å². The smallest absolute Gasteiger partial charge is 0.294 e. The van der Waals surface area contributed by atoms with Gasteiger partial charge in [0.1, 0.15) is 30.4 Å². The van der Waals surface area contributed by atoms with Crippen molar-refractivity contribution < 1.29 is 34.8 Å². The largest absolute Gasteiger partial charge is 0.310 e. The van der Waals surface area contributed by atoms with Gasteiger partial charge in [-0.05, 0) is 12.8 Å². The van der Waals surface area contributed by atoms with Gasteiger partial charge in [0, 0.05) is 11.8 Å². The lowest BCUT2D eigenvalue weighted by Crippen LogP contribution is -2.76. The molecule has 16 heteroatoms. The average Bonchev–Trinajstić information content (AvgIpc) is 2.46. The number of nitrogens with zero attached hydrogens (tertiary/aromatic N) is 5. The van der Waals surface area contributed by atoms with Gasteiger partial charge >= 0.3 is 0 Å². The zero-order valence-corrected chi connectivity index (χ0v) is 12.2. The molecular formula is C9H11N5O11.